The number of carbonyl (C=O) groups is 2. The number of nitrogens with zero attached hydrogens (tertiary/aromatic N) is 2. The van der Waals surface area contributed by atoms with Crippen LogP contribution in [0.25, 0.3) is 0 Å². The van der Waals surface area contributed by atoms with Crippen molar-refractivity contribution in [3.63, 3.8) is 0 Å². The summed E-state index contributed by atoms with van der Waals surface area (Å²) < 4.78 is 43.7. The van der Waals surface area contributed by atoms with Crippen molar-refractivity contribution in [1.29, 1.82) is 0 Å². The van der Waals surface area contributed by atoms with Crippen LogP contribution in [0.5, 0.6) is 0 Å². The number of carbonyl (C=O) groups excluding carboxylic acids is 2. The lowest BCUT2D eigenvalue weighted by atomic mass is 10.0. The molecule has 10 heteroatoms. The maximum atomic E-state index is 14.4. The molecule has 0 spiro atoms. The van der Waals surface area contributed by atoms with Crippen molar-refractivity contribution >= 4 is 43.5 Å². The zero-order chi connectivity index (χ0) is 31.9. The normalized spacial score (nSPS) is 12.0. The van der Waals surface area contributed by atoms with E-state index in [0.29, 0.717) is 5.56 Å². The molecule has 0 saturated carbocycles. The molecule has 7 nitrogen and oxygen atoms in total. The fourth-order valence-electron chi connectivity index (χ4n) is 4.69. The molecule has 44 heavy (non-hydrogen) atoms. The second-order valence-corrected chi connectivity index (χ2v) is 13.6. The van der Waals surface area contributed by atoms with Crippen molar-refractivity contribution in [2.75, 3.05) is 10.8 Å². The summed E-state index contributed by atoms with van der Waals surface area (Å²) in [6.45, 7) is 4.90. The van der Waals surface area contributed by atoms with Gasteiger partial charge in [-0.15, -0.1) is 0 Å². The van der Waals surface area contributed by atoms with Crippen LogP contribution >= 0.6 is 15.9 Å². The number of rotatable bonds is 12. The lowest BCUT2D eigenvalue weighted by Gasteiger charge is -2.34. The average molecular weight is 681 g/mol. The van der Waals surface area contributed by atoms with Crippen LogP contribution in [0.3, 0.4) is 0 Å². The molecule has 2 amide bonds. The van der Waals surface area contributed by atoms with Crippen LogP contribution in [0.15, 0.2) is 112 Å². The van der Waals surface area contributed by atoms with E-state index in [-0.39, 0.29) is 35.5 Å². The Morgan fingerprint density at radius 3 is 2.05 bits per heavy atom. The first-order chi connectivity index (χ1) is 20.9. The predicted octanol–water partition coefficient (Wildman–Crippen LogP) is 6.26. The number of aryl methyl sites for hydroxylation is 1. The van der Waals surface area contributed by atoms with Crippen molar-refractivity contribution in [2.24, 2.45) is 0 Å². The molecular formula is C34H35BrFN3O4S. The smallest absolute Gasteiger partial charge is 0.264 e. The summed E-state index contributed by atoms with van der Waals surface area (Å²) in [4.78, 5) is 29.5. The van der Waals surface area contributed by atoms with Crippen LogP contribution in [0, 0.1) is 12.7 Å². The molecule has 4 aromatic carbocycles. The predicted molar refractivity (Wildman–Crippen MR) is 174 cm³/mol. The summed E-state index contributed by atoms with van der Waals surface area (Å²) in [6.07, 6.45) is 0.190. The summed E-state index contributed by atoms with van der Waals surface area (Å²) in [6, 6.07) is 26.8. The van der Waals surface area contributed by atoms with Crippen LogP contribution < -0.4 is 9.62 Å². The van der Waals surface area contributed by atoms with Gasteiger partial charge in [0.25, 0.3) is 10.0 Å². The molecule has 0 unspecified atom stereocenters. The molecule has 0 aliphatic carbocycles. The van der Waals surface area contributed by atoms with Gasteiger partial charge < -0.3 is 10.2 Å². The molecule has 0 aromatic heterocycles. The third-order valence-electron chi connectivity index (χ3n) is 6.97. The number of anilines is 1. The standard InChI is InChI=1S/C34H35BrFN3O4S/c1-24(2)37-34(41)32(21-26-7-5-4-6-8-26)38(22-27-11-15-29(36)16-12-27)33(40)23-39(30-17-13-28(35)14-18-30)44(42,43)31-19-9-25(3)10-20-31/h4-20,24,32H,21-23H2,1-3H3,(H,37,41)/t32-/m1/s1. The Kier molecular flexibility index (Phi) is 10.9. The molecule has 0 saturated heterocycles. The van der Waals surface area contributed by atoms with E-state index >= 15 is 0 Å². The fraction of sp³-hybridized carbons (Fsp3) is 0.235. The van der Waals surface area contributed by atoms with Crippen molar-refractivity contribution in [3.8, 4) is 0 Å². The summed E-state index contributed by atoms with van der Waals surface area (Å²) in [7, 11) is -4.19. The molecule has 0 aliphatic heterocycles. The number of amides is 2. The van der Waals surface area contributed by atoms with Gasteiger partial charge in [0, 0.05) is 23.5 Å². The van der Waals surface area contributed by atoms with E-state index in [9.17, 15) is 22.4 Å². The minimum Gasteiger partial charge on any atom is -0.352 e. The van der Waals surface area contributed by atoms with Gasteiger partial charge >= 0.3 is 0 Å². The maximum Gasteiger partial charge on any atom is 0.264 e. The second-order valence-electron chi connectivity index (χ2n) is 10.8. The number of hydrogen-bond acceptors (Lipinski definition) is 4. The first kappa shape index (κ1) is 32.9. The number of sulfonamides is 1. The summed E-state index contributed by atoms with van der Waals surface area (Å²) in [5, 5.41) is 2.92. The average Bonchev–Trinajstić information content (AvgIpc) is 2.99. The molecule has 0 radical (unpaired) electrons. The Balaban J connectivity index is 1.79. The number of benzene rings is 4. The van der Waals surface area contributed by atoms with Crippen LogP contribution in [0.2, 0.25) is 0 Å². The van der Waals surface area contributed by atoms with Gasteiger partial charge in [0.2, 0.25) is 11.8 Å². The highest BCUT2D eigenvalue weighted by Crippen LogP contribution is 2.27. The topological polar surface area (TPSA) is 86.8 Å². The van der Waals surface area contributed by atoms with Gasteiger partial charge in [-0.25, -0.2) is 12.8 Å². The molecule has 230 valence electrons. The molecular weight excluding hydrogens is 645 g/mol. The molecule has 1 atom stereocenters. The lowest BCUT2D eigenvalue weighted by molar-refractivity contribution is -0.140. The lowest BCUT2D eigenvalue weighted by Crippen LogP contribution is -2.54. The van der Waals surface area contributed by atoms with Gasteiger partial charge in [-0.1, -0.05) is 76.1 Å². The van der Waals surface area contributed by atoms with E-state index in [0.717, 1.165) is 19.9 Å². The molecule has 0 aliphatic rings. The Labute approximate surface area is 266 Å². The zero-order valence-electron chi connectivity index (χ0n) is 24.8. The zero-order valence-corrected chi connectivity index (χ0v) is 27.2. The molecule has 4 rings (SSSR count). The highest BCUT2D eigenvalue weighted by atomic mass is 79.9. The van der Waals surface area contributed by atoms with E-state index in [4.69, 9.17) is 0 Å². The molecule has 4 aromatic rings. The Hall–Kier alpha value is -4.02. The fourth-order valence-corrected chi connectivity index (χ4v) is 6.37. The highest BCUT2D eigenvalue weighted by Gasteiger charge is 2.34. The highest BCUT2D eigenvalue weighted by molar-refractivity contribution is 9.10. The van der Waals surface area contributed by atoms with Crippen molar-refractivity contribution in [3.05, 3.63) is 130 Å². The largest absolute Gasteiger partial charge is 0.352 e. The van der Waals surface area contributed by atoms with E-state index in [1.165, 1.54) is 29.2 Å². The van der Waals surface area contributed by atoms with Crippen LogP contribution in [-0.4, -0.2) is 43.8 Å². The quantitative estimate of drug-likeness (QED) is 0.192. The summed E-state index contributed by atoms with van der Waals surface area (Å²) in [5.41, 5.74) is 2.59. The van der Waals surface area contributed by atoms with Crippen LogP contribution in [0.1, 0.15) is 30.5 Å². The Morgan fingerprint density at radius 1 is 0.841 bits per heavy atom. The van der Waals surface area contributed by atoms with E-state index in [2.05, 4.69) is 21.2 Å². The van der Waals surface area contributed by atoms with E-state index < -0.39 is 34.3 Å². The summed E-state index contributed by atoms with van der Waals surface area (Å²) in [5.74, 6) is -1.40. The van der Waals surface area contributed by atoms with Crippen LogP contribution in [-0.2, 0) is 32.6 Å². The van der Waals surface area contributed by atoms with Crippen molar-refractivity contribution in [1.82, 2.24) is 10.2 Å². The maximum absolute atomic E-state index is 14.4. The number of nitrogens with one attached hydrogen (secondary N) is 1. The minimum atomic E-state index is -4.19. The monoisotopic (exact) mass is 679 g/mol. The van der Waals surface area contributed by atoms with Gasteiger partial charge in [0.05, 0.1) is 10.6 Å². The molecule has 0 fully saturated rings. The Morgan fingerprint density at radius 2 is 1.45 bits per heavy atom. The summed E-state index contributed by atoms with van der Waals surface area (Å²) >= 11 is 3.39. The van der Waals surface area contributed by atoms with Gasteiger partial charge in [-0.2, -0.15) is 0 Å². The Bertz CT molecular complexity index is 1660. The first-order valence-electron chi connectivity index (χ1n) is 14.2. The number of hydrogen-bond donors (Lipinski definition) is 1. The first-order valence-corrected chi connectivity index (χ1v) is 16.4. The van der Waals surface area contributed by atoms with Gasteiger partial charge in [-0.05, 0) is 80.4 Å². The minimum absolute atomic E-state index is 0.0299. The third kappa shape index (κ3) is 8.54. The van der Waals surface area contributed by atoms with Crippen molar-refractivity contribution in [2.45, 2.75) is 50.7 Å². The second kappa shape index (κ2) is 14.6. The van der Waals surface area contributed by atoms with Gasteiger partial charge in [0.15, 0.2) is 0 Å². The molecule has 0 heterocycles. The number of halogens is 2. The molecule has 1 N–H and O–H groups in total. The van der Waals surface area contributed by atoms with Gasteiger partial charge in [-0.3, -0.25) is 13.9 Å². The van der Waals surface area contributed by atoms with Crippen LogP contribution in [0.4, 0.5) is 10.1 Å². The SMILES string of the molecule is Cc1ccc(S(=O)(=O)N(CC(=O)N(Cc2ccc(F)cc2)[C@H](Cc2ccccc2)C(=O)NC(C)C)c2ccc(Br)cc2)cc1. The molecule has 0 bridgehead atoms. The van der Waals surface area contributed by atoms with E-state index in [1.54, 1.807) is 48.5 Å². The van der Waals surface area contributed by atoms with Gasteiger partial charge in [0.1, 0.15) is 18.4 Å². The van der Waals surface area contributed by atoms with Crippen molar-refractivity contribution < 1.29 is 22.4 Å². The van der Waals surface area contributed by atoms with E-state index in [1.807, 2.05) is 51.1 Å². The third-order valence-corrected chi connectivity index (χ3v) is 9.29.